The van der Waals surface area contributed by atoms with E-state index >= 15 is 0 Å². The van der Waals surface area contributed by atoms with E-state index in [9.17, 15) is 4.79 Å². The molecule has 2 bridgehead atoms. The van der Waals surface area contributed by atoms with Crippen LogP contribution in [0.3, 0.4) is 0 Å². The number of carbonyl (C=O) groups excluding carboxylic acids is 1. The zero-order valence-electron chi connectivity index (χ0n) is 17.6. The van der Waals surface area contributed by atoms with Gasteiger partial charge in [0.15, 0.2) is 5.78 Å². The molecule has 2 saturated carbocycles. The highest BCUT2D eigenvalue weighted by Gasteiger charge is 2.67. The topological polar surface area (TPSA) is 17.1 Å². The van der Waals surface area contributed by atoms with Gasteiger partial charge in [-0.05, 0) is 110 Å². The van der Waals surface area contributed by atoms with E-state index in [1.54, 1.807) is 0 Å². The monoisotopic (exact) mass is 338 g/mol. The number of hydrogen-bond acceptors (Lipinski definition) is 1. The second-order valence-electron chi connectivity index (χ2n) is 9.41. The summed E-state index contributed by atoms with van der Waals surface area (Å²) in [4.78, 5) is 13.5. The molecule has 0 heterocycles. The van der Waals surface area contributed by atoms with E-state index in [1.165, 1.54) is 33.4 Å². The molecule has 0 saturated heterocycles. The summed E-state index contributed by atoms with van der Waals surface area (Å²) >= 11 is 0. The highest BCUT2D eigenvalue weighted by molar-refractivity contribution is 6.08. The van der Waals surface area contributed by atoms with E-state index in [0.717, 1.165) is 18.4 Å². The fourth-order valence-corrected chi connectivity index (χ4v) is 6.09. The maximum absolute atomic E-state index is 13.5. The average molecular weight is 339 g/mol. The summed E-state index contributed by atoms with van der Waals surface area (Å²) < 4.78 is 0. The summed E-state index contributed by atoms with van der Waals surface area (Å²) in [6.07, 6.45) is 4.48. The molecule has 1 heteroatoms. The Bertz CT molecular complexity index is 762. The Hall–Kier alpha value is -1.37. The number of allylic oxidation sites excluding steroid dienone is 1. The third kappa shape index (κ3) is 2.11. The van der Waals surface area contributed by atoms with Gasteiger partial charge in [0, 0.05) is 5.41 Å². The van der Waals surface area contributed by atoms with Gasteiger partial charge in [-0.15, -0.1) is 0 Å². The van der Waals surface area contributed by atoms with Crippen LogP contribution in [0.25, 0.3) is 6.08 Å². The van der Waals surface area contributed by atoms with E-state index in [0.29, 0.717) is 17.6 Å². The van der Waals surface area contributed by atoms with Crippen molar-refractivity contribution >= 4 is 11.9 Å². The van der Waals surface area contributed by atoms with Crippen molar-refractivity contribution in [2.24, 2.45) is 22.7 Å². The van der Waals surface area contributed by atoms with Gasteiger partial charge in [0.2, 0.25) is 0 Å². The molecule has 0 spiro atoms. The third-order valence-corrected chi connectivity index (χ3v) is 8.23. The van der Waals surface area contributed by atoms with Gasteiger partial charge >= 0.3 is 0 Å². The highest BCUT2D eigenvalue weighted by Crippen LogP contribution is 2.68. The van der Waals surface area contributed by atoms with Crippen LogP contribution in [-0.2, 0) is 4.79 Å². The minimum absolute atomic E-state index is 0.0701. The van der Waals surface area contributed by atoms with Gasteiger partial charge < -0.3 is 0 Å². The second-order valence-corrected chi connectivity index (χ2v) is 9.41. The van der Waals surface area contributed by atoms with Crippen molar-refractivity contribution in [1.82, 2.24) is 0 Å². The van der Waals surface area contributed by atoms with Gasteiger partial charge in [0.25, 0.3) is 0 Å². The van der Waals surface area contributed by atoms with Crippen LogP contribution in [0.5, 0.6) is 0 Å². The first-order valence-corrected chi connectivity index (χ1v) is 9.81. The summed E-state index contributed by atoms with van der Waals surface area (Å²) in [6.45, 7) is 20.2. The van der Waals surface area contributed by atoms with Gasteiger partial charge in [-0.3, -0.25) is 4.79 Å². The van der Waals surface area contributed by atoms with E-state index in [4.69, 9.17) is 0 Å². The molecule has 25 heavy (non-hydrogen) atoms. The third-order valence-electron chi connectivity index (χ3n) is 8.23. The number of fused-ring (bicyclic) bond motifs is 2. The second kappa shape index (κ2) is 5.56. The van der Waals surface area contributed by atoms with E-state index in [2.05, 4.69) is 68.4 Å². The number of rotatable bonds is 2. The molecular formula is C24H34O. The summed E-state index contributed by atoms with van der Waals surface area (Å²) in [5, 5.41) is 0. The Morgan fingerprint density at radius 2 is 1.40 bits per heavy atom. The first-order valence-electron chi connectivity index (χ1n) is 9.81. The smallest absolute Gasteiger partial charge is 0.166 e. The van der Waals surface area contributed by atoms with E-state index in [-0.39, 0.29) is 10.8 Å². The molecule has 136 valence electrons. The molecule has 2 fully saturated rings. The summed E-state index contributed by atoms with van der Waals surface area (Å²) in [5.74, 6) is 1.23. The zero-order chi connectivity index (χ0) is 18.9. The quantitative estimate of drug-likeness (QED) is 0.580. The fourth-order valence-electron chi connectivity index (χ4n) is 6.09. The van der Waals surface area contributed by atoms with Crippen molar-refractivity contribution in [2.45, 2.75) is 75.2 Å². The molecule has 0 aromatic heterocycles. The van der Waals surface area contributed by atoms with Crippen molar-refractivity contribution in [3.05, 3.63) is 39.0 Å². The molecule has 2 aliphatic rings. The first kappa shape index (κ1) is 18.4. The van der Waals surface area contributed by atoms with E-state index in [1.807, 2.05) is 0 Å². The van der Waals surface area contributed by atoms with Gasteiger partial charge in [-0.1, -0.05) is 27.7 Å². The Balaban J connectivity index is 2.22. The number of Topliss-reactive ketones (excluding diaryl/α,β-unsaturated/α-hetero) is 1. The molecule has 0 amide bonds. The van der Waals surface area contributed by atoms with Crippen LogP contribution in [0, 0.1) is 57.3 Å². The van der Waals surface area contributed by atoms with Gasteiger partial charge in [-0.2, -0.15) is 0 Å². The van der Waals surface area contributed by atoms with Crippen molar-refractivity contribution in [1.29, 1.82) is 0 Å². The van der Waals surface area contributed by atoms with Gasteiger partial charge in [0.05, 0.1) is 0 Å². The molecule has 1 aromatic rings. The first-order chi connectivity index (χ1) is 11.5. The van der Waals surface area contributed by atoms with Crippen LogP contribution < -0.4 is 0 Å². The van der Waals surface area contributed by atoms with Gasteiger partial charge in [-0.25, -0.2) is 0 Å². The van der Waals surface area contributed by atoms with Crippen LogP contribution in [-0.4, -0.2) is 5.78 Å². The summed E-state index contributed by atoms with van der Waals surface area (Å²) in [6, 6.07) is 0. The molecule has 2 aliphatic carbocycles. The van der Waals surface area contributed by atoms with Crippen molar-refractivity contribution in [3.8, 4) is 0 Å². The molecule has 1 nitrogen and oxygen atoms in total. The van der Waals surface area contributed by atoms with Crippen LogP contribution in [0.2, 0.25) is 0 Å². The standard InChI is InChI=1S/C24H34O/c1-13(2)24-11-10-21(23(24,8)9)20(22(24)25)12-19-17(6)15(4)14(3)16(5)18(19)7/h12-13,21H,10-11H2,1-9H3/b20-12-. The SMILES string of the molecule is Cc1c(C)c(C)c(/C=C2\C(=O)C3(C(C)C)CCC2C3(C)C)c(C)c1C. The van der Waals surface area contributed by atoms with E-state index < -0.39 is 0 Å². The molecule has 0 aliphatic heterocycles. The van der Waals surface area contributed by atoms with Crippen LogP contribution >= 0.6 is 0 Å². The molecular weight excluding hydrogens is 304 g/mol. The number of hydrogen-bond donors (Lipinski definition) is 0. The lowest BCUT2D eigenvalue weighted by Gasteiger charge is -2.39. The lowest BCUT2D eigenvalue weighted by Crippen LogP contribution is -2.40. The van der Waals surface area contributed by atoms with Crippen LogP contribution in [0.15, 0.2) is 5.57 Å². The molecule has 2 unspecified atom stereocenters. The summed E-state index contributed by atoms with van der Waals surface area (Å²) in [5.41, 5.74) is 9.06. The molecule has 0 radical (unpaired) electrons. The predicted octanol–water partition coefficient (Wildman–Crippen LogP) is 6.27. The van der Waals surface area contributed by atoms with Crippen molar-refractivity contribution < 1.29 is 4.79 Å². The molecule has 3 rings (SSSR count). The lowest BCUT2D eigenvalue weighted by molar-refractivity contribution is -0.129. The minimum atomic E-state index is -0.167. The normalized spacial score (nSPS) is 29.3. The van der Waals surface area contributed by atoms with Crippen LogP contribution in [0.1, 0.15) is 73.9 Å². The predicted molar refractivity (Wildman–Crippen MR) is 107 cm³/mol. The van der Waals surface area contributed by atoms with Gasteiger partial charge in [0.1, 0.15) is 0 Å². The zero-order valence-corrected chi connectivity index (χ0v) is 17.6. The minimum Gasteiger partial charge on any atom is -0.294 e. The largest absolute Gasteiger partial charge is 0.294 e. The Morgan fingerprint density at radius 3 is 1.84 bits per heavy atom. The van der Waals surface area contributed by atoms with Crippen molar-refractivity contribution in [3.63, 3.8) is 0 Å². The fraction of sp³-hybridized carbons (Fsp3) is 0.625. The number of benzene rings is 1. The summed E-state index contributed by atoms with van der Waals surface area (Å²) in [7, 11) is 0. The Morgan fingerprint density at radius 1 is 0.920 bits per heavy atom. The average Bonchev–Trinajstić information content (AvgIpc) is 2.90. The Kier molecular flexibility index (Phi) is 4.10. The van der Waals surface area contributed by atoms with Crippen LogP contribution in [0.4, 0.5) is 0 Å². The molecule has 1 aromatic carbocycles. The maximum Gasteiger partial charge on any atom is 0.166 e. The Labute approximate surface area is 153 Å². The molecule has 0 N–H and O–H groups in total. The van der Waals surface area contributed by atoms with Crippen molar-refractivity contribution in [2.75, 3.05) is 0 Å². The number of carbonyl (C=O) groups is 1. The maximum atomic E-state index is 13.5. The lowest BCUT2D eigenvalue weighted by atomic mass is 9.62. The number of ketones is 1. The highest BCUT2D eigenvalue weighted by atomic mass is 16.1. The molecule has 2 atom stereocenters.